The average molecular weight is 528 g/mol. The van der Waals surface area contributed by atoms with Gasteiger partial charge in [-0.15, -0.1) is 0 Å². The summed E-state index contributed by atoms with van der Waals surface area (Å²) in [4.78, 5) is 16.9. The van der Waals surface area contributed by atoms with Crippen LogP contribution in [0.2, 0.25) is 15.1 Å². The number of carbonyl (C=O) groups is 1. The number of hydrogen-bond acceptors (Lipinski definition) is 2. The van der Waals surface area contributed by atoms with E-state index in [0.29, 0.717) is 40.3 Å². The van der Waals surface area contributed by atoms with E-state index < -0.39 is 11.7 Å². The number of anilines is 1. The van der Waals surface area contributed by atoms with E-state index in [1.54, 1.807) is 29.2 Å². The Hall–Kier alpha value is -2.41. The lowest BCUT2D eigenvalue weighted by atomic mass is 10.00. The molecule has 0 N–H and O–H groups in total. The van der Waals surface area contributed by atoms with E-state index in [2.05, 4.69) is 4.90 Å². The Bertz CT molecular complexity index is 1180. The number of amides is 1. The van der Waals surface area contributed by atoms with Crippen LogP contribution in [-0.2, 0) is 17.4 Å². The van der Waals surface area contributed by atoms with Crippen LogP contribution in [0.4, 0.5) is 18.9 Å². The van der Waals surface area contributed by atoms with E-state index in [-0.39, 0.29) is 18.4 Å². The molecule has 0 aromatic heterocycles. The first-order valence-electron chi connectivity index (χ1n) is 10.5. The van der Waals surface area contributed by atoms with Gasteiger partial charge in [-0.3, -0.25) is 4.79 Å². The molecular weight excluding hydrogens is 508 g/mol. The van der Waals surface area contributed by atoms with E-state index in [1.165, 1.54) is 12.1 Å². The van der Waals surface area contributed by atoms with Gasteiger partial charge in [-0.05, 0) is 47.5 Å². The normalized spacial score (nSPS) is 16.6. The van der Waals surface area contributed by atoms with Crippen molar-refractivity contribution in [1.29, 1.82) is 0 Å². The Balaban J connectivity index is 1.58. The van der Waals surface area contributed by atoms with Gasteiger partial charge >= 0.3 is 6.18 Å². The molecule has 3 nitrogen and oxygen atoms in total. The summed E-state index contributed by atoms with van der Waals surface area (Å²) in [6.07, 6.45) is -4.57. The van der Waals surface area contributed by atoms with Crippen LogP contribution in [0, 0.1) is 0 Å². The SMILES string of the molecule is O=C(Cc1cccc(C(F)(F)F)c1)N1CCN(c2ccc(Cl)cc2Cl)C(c2ccc(Cl)cc2)C1. The van der Waals surface area contributed by atoms with Crippen LogP contribution in [0.15, 0.2) is 66.7 Å². The molecular formula is C25H20Cl3F3N2O. The van der Waals surface area contributed by atoms with E-state index in [1.807, 2.05) is 18.2 Å². The molecule has 0 bridgehead atoms. The number of carbonyl (C=O) groups excluding carboxylic acids is 1. The van der Waals surface area contributed by atoms with Gasteiger partial charge in [0.05, 0.1) is 28.7 Å². The Morgan fingerprint density at radius 3 is 2.29 bits per heavy atom. The Morgan fingerprint density at radius 1 is 0.912 bits per heavy atom. The lowest BCUT2D eigenvalue weighted by molar-refractivity contribution is -0.138. The summed E-state index contributed by atoms with van der Waals surface area (Å²) < 4.78 is 39.2. The van der Waals surface area contributed by atoms with Gasteiger partial charge < -0.3 is 9.80 Å². The fourth-order valence-corrected chi connectivity index (χ4v) is 4.77. The molecule has 1 fully saturated rings. The van der Waals surface area contributed by atoms with Crippen LogP contribution in [0.5, 0.6) is 0 Å². The molecule has 1 heterocycles. The maximum absolute atomic E-state index is 13.1. The number of piperazine rings is 1. The van der Waals surface area contributed by atoms with Gasteiger partial charge in [0.2, 0.25) is 5.91 Å². The largest absolute Gasteiger partial charge is 0.416 e. The fraction of sp³-hybridized carbons (Fsp3) is 0.240. The summed E-state index contributed by atoms with van der Waals surface area (Å²) >= 11 is 18.6. The predicted molar refractivity (Wildman–Crippen MR) is 130 cm³/mol. The highest BCUT2D eigenvalue weighted by molar-refractivity contribution is 6.36. The lowest BCUT2D eigenvalue weighted by Crippen LogP contribution is -2.51. The van der Waals surface area contributed by atoms with Crippen LogP contribution in [0.25, 0.3) is 0 Å². The molecule has 1 aliphatic heterocycles. The van der Waals surface area contributed by atoms with Crippen molar-refractivity contribution in [1.82, 2.24) is 4.90 Å². The second-order valence-corrected chi connectivity index (χ2v) is 9.35. The molecule has 1 amide bonds. The van der Waals surface area contributed by atoms with Gasteiger partial charge in [0, 0.05) is 29.7 Å². The highest BCUT2D eigenvalue weighted by Crippen LogP contribution is 2.37. The van der Waals surface area contributed by atoms with Crippen molar-refractivity contribution in [3.05, 3.63) is 98.5 Å². The van der Waals surface area contributed by atoms with Gasteiger partial charge in [0.1, 0.15) is 0 Å². The monoisotopic (exact) mass is 526 g/mol. The summed E-state index contributed by atoms with van der Waals surface area (Å²) in [7, 11) is 0. The first kappa shape index (κ1) is 24.7. The topological polar surface area (TPSA) is 23.6 Å². The molecule has 0 aliphatic carbocycles. The Labute approximate surface area is 210 Å². The third-order valence-corrected chi connectivity index (χ3v) is 6.61. The quantitative estimate of drug-likeness (QED) is 0.355. The minimum Gasteiger partial charge on any atom is -0.360 e. The van der Waals surface area contributed by atoms with Crippen molar-refractivity contribution in [3.63, 3.8) is 0 Å². The highest BCUT2D eigenvalue weighted by atomic mass is 35.5. The van der Waals surface area contributed by atoms with E-state index in [0.717, 1.165) is 23.4 Å². The molecule has 3 aromatic rings. The maximum Gasteiger partial charge on any atom is 0.416 e. The van der Waals surface area contributed by atoms with Crippen molar-refractivity contribution in [2.75, 3.05) is 24.5 Å². The molecule has 34 heavy (non-hydrogen) atoms. The number of benzene rings is 3. The van der Waals surface area contributed by atoms with Crippen molar-refractivity contribution in [3.8, 4) is 0 Å². The molecule has 1 aliphatic rings. The third kappa shape index (κ3) is 5.62. The molecule has 178 valence electrons. The van der Waals surface area contributed by atoms with Crippen molar-refractivity contribution >= 4 is 46.4 Å². The number of rotatable bonds is 4. The minimum absolute atomic E-state index is 0.112. The summed E-state index contributed by atoms with van der Waals surface area (Å²) in [6, 6.07) is 17.3. The van der Waals surface area contributed by atoms with Crippen LogP contribution in [-0.4, -0.2) is 30.4 Å². The molecule has 1 atom stereocenters. The van der Waals surface area contributed by atoms with Crippen LogP contribution in [0.1, 0.15) is 22.7 Å². The summed E-state index contributed by atoms with van der Waals surface area (Å²) in [5.74, 6) is -0.236. The molecule has 3 aromatic carbocycles. The minimum atomic E-state index is -4.46. The number of nitrogens with zero attached hydrogens (tertiary/aromatic N) is 2. The number of hydrogen-bond donors (Lipinski definition) is 0. The van der Waals surface area contributed by atoms with Crippen molar-refractivity contribution in [2.24, 2.45) is 0 Å². The molecule has 1 unspecified atom stereocenters. The first-order valence-corrected chi connectivity index (χ1v) is 11.7. The van der Waals surface area contributed by atoms with Crippen LogP contribution in [0.3, 0.4) is 0 Å². The van der Waals surface area contributed by atoms with E-state index >= 15 is 0 Å². The molecule has 0 radical (unpaired) electrons. The Kier molecular flexibility index (Phi) is 7.31. The zero-order chi connectivity index (χ0) is 24.5. The van der Waals surface area contributed by atoms with Gasteiger partial charge in [0.25, 0.3) is 0 Å². The average Bonchev–Trinajstić information content (AvgIpc) is 2.79. The maximum atomic E-state index is 13.1. The van der Waals surface area contributed by atoms with Crippen LogP contribution >= 0.6 is 34.8 Å². The molecule has 0 spiro atoms. The zero-order valence-corrected chi connectivity index (χ0v) is 20.1. The summed E-state index contributed by atoms with van der Waals surface area (Å²) in [5.41, 5.74) is 1.29. The van der Waals surface area contributed by atoms with Gasteiger partial charge in [-0.2, -0.15) is 13.2 Å². The molecule has 1 saturated heterocycles. The Morgan fingerprint density at radius 2 is 1.62 bits per heavy atom. The second kappa shape index (κ2) is 10.1. The lowest BCUT2D eigenvalue weighted by Gasteiger charge is -2.43. The predicted octanol–water partition coefficient (Wildman–Crippen LogP) is 7.30. The molecule has 0 saturated carbocycles. The third-order valence-electron chi connectivity index (χ3n) is 5.82. The standard InChI is InChI=1S/C25H20Cl3F3N2O/c26-19-6-4-17(5-7-19)23-15-32(10-11-33(23)22-9-8-20(27)14-21(22)28)24(34)13-16-2-1-3-18(12-16)25(29,30)31/h1-9,12,14,23H,10-11,13,15H2. The smallest absolute Gasteiger partial charge is 0.360 e. The van der Waals surface area contributed by atoms with Gasteiger partial charge in [-0.1, -0.05) is 65.1 Å². The zero-order valence-electron chi connectivity index (χ0n) is 17.8. The van der Waals surface area contributed by atoms with E-state index in [9.17, 15) is 18.0 Å². The first-order chi connectivity index (χ1) is 16.1. The van der Waals surface area contributed by atoms with Crippen LogP contribution < -0.4 is 4.90 Å². The summed E-state index contributed by atoms with van der Waals surface area (Å²) in [6.45, 7) is 1.24. The summed E-state index contributed by atoms with van der Waals surface area (Å²) in [5, 5.41) is 1.61. The van der Waals surface area contributed by atoms with Gasteiger partial charge in [-0.25, -0.2) is 0 Å². The fourth-order valence-electron chi connectivity index (χ4n) is 4.13. The van der Waals surface area contributed by atoms with E-state index in [4.69, 9.17) is 34.8 Å². The van der Waals surface area contributed by atoms with Gasteiger partial charge in [0.15, 0.2) is 0 Å². The number of halogens is 6. The second-order valence-electron chi connectivity index (χ2n) is 8.07. The highest BCUT2D eigenvalue weighted by Gasteiger charge is 2.33. The van der Waals surface area contributed by atoms with Crippen molar-refractivity contribution in [2.45, 2.75) is 18.6 Å². The van der Waals surface area contributed by atoms with Crippen molar-refractivity contribution < 1.29 is 18.0 Å². The number of alkyl halides is 3. The molecule has 4 rings (SSSR count). The molecule has 9 heteroatoms.